The summed E-state index contributed by atoms with van der Waals surface area (Å²) in [6, 6.07) is 7.39. The highest BCUT2D eigenvalue weighted by Crippen LogP contribution is 2.20. The number of H-pyrrole nitrogens is 1. The van der Waals surface area contributed by atoms with Crippen LogP contribution in [0.15, 0.2) is 30.5 Å². The van der Waals surface area contributed by atoms with Crippen LogP contribution in [-0.4, -0.2) is 54.5 Å². The van der Waals surface area contributed by atoms with Crippen molar-refractivity contribution in [1.29, 1.82) is 0 Å². The molecule has 1 aliphatic rings. The summed E-state index contributed by atoms with van der Waals surface area (Å²) in [7, 11) is 1.37. The predicted octanol–water partition coefficient (Wildman–Crippen LogP) is 1.74. The van der Waals surface area contributed by atoms with E-state index in [1.54, 1.807) is 11.1 Å². The summed E-state index contributed by atoms with van der Waals surface area (Å²) in [5, 5.41) is 0.763. The van der Waals surface area contributed by atoms with Gasteiger partial charge in [0.2, 0.25) is 0 Å². The molecule has 7 heteroatoms. The monoisotopic (exact) mass is 344 g/mol. The van der Waals surface area contributed by atoms with Crippen molar-refractivity contribution in [3.05, 3.63) is 36.0 Å². The molecule has 0 radical (unpaired) electrons. The number of amides is 1. The molecule has 0 atom stereocenters. The molecule has 0 bridgehead atoms. The van der Waals surface area contributed by atoms with Gasteiger partial charge in [-0.2, -0.15) is 0 Å². The Labute approximate surface area is 144 Å². The Bertz CT molecular complexity index is 790. The molecule has 2 heterocycles. The standard InChI is InChI=1S/C18H20N2O5/c1-24-17(22)12-6-8-20(9-7-12)16(21)11-25-18(23)14-10-19-15-5-3-2-4-13(14)15/h2-5,10,12,19H,6-9,11H2,1H3. The predicted molar refractivity (Wildman–Crippen MR) is 89.9 cm³/mol. The first-order valence-corrected chi connectivity index (χ1v) is 8.19. The van der Waals surface area contributed by atoms with Gasteiger partial charge in [-0.25, -0.2) is 4.79 Å². The molecule has 0 aliphatic carbocycles. The number of methoxy groups -OCH3 is 1. The van der Waals surface area contributed by atoms with Crippen molar-refractivity contribution in [2.75, 3.05) is 26.8 Å². The number of nitrogens with one attached hydrogen (secondary N) is 1. The van der Waals surface area contributed by atoms with Gasteiger partial charge in [-0.15, -0.1) is 0 Å². The van der Waals surface area contributed by atoms with Crippen LogP contribution in [0.2, 0.25) is 0 Å². The summed E-state index contributed by atoms with van der Waals surface area (Å²) in [4.78, 5) is 40.5. The molecule has 132 valence electrons. The van der Waals surface area contributed by atoms with E-state index in [2.05, 4.69) is 4.98 Å². The number of rotatable bonds is 4. The molecule has 0 spiro atoms. The zero-order valence-electron chi connectivity index (χ0n) is 14.0. The summed E-state index contributed by atoms with van der Waals surface area (Å²) in [6.07, 6.45) is 2.71. The first-order valence-electron chi connectivity index (χ1n) is 8.19. The van der Waals surface area contributed by atoms with Gasteiger partial charge in [0.1, 0.15) is 0 Å². The van der Waals surface area contributed by atoms with Crippen LogP contribution in [0, 0.1) is 5.92 Å². The van der Waals surface area contributed by atoms with Gasteiger partial charge in [-0.3, -0.25) is 9.59 Å². The lowest BCUT2D eigenvalue weighted by Gasteiger charge is -2.30. The summed E-state index contributed by atoms with van der Waals surface area (Å²) >= 11 is 0. The Morgan fingerprint density at radius 2 is 1.92 bits per heavy atom. The first kappa shape index (κ1) is 17.0. The lowest BCUT2D eigenvalue weighted by molar-refractivity contribution is -0.149. The van der Waals surface area contributed by atoms with E-state index in [0.717, 1.165) is 10.9 Å². The topological polar surface area (TPSA) is 88.7 Å². The molecule has 1 aromatic heterocycles. The number of carbonyl (C=O) groups excluding carboxylic acids is 3. The van der Waals surface area contributed by atoms with Gasteiger partial charge in [0.25, 0.3) is 5.91 Å². The van der Waals surface area contributed by atoms with Crippen molar-refractivity contribution < 1.29 is 23.9 Å². The highest BCUT2D eigenvalue weighted by atomic mass is 16.5. The number of para-hydroxylation sites is 1. The molecule has 0 unspecified atom stereocenters. The SMILES string of the molecule is COC(=O)C1CCN(C(=O)COC(=O)c2c[nH]c3ccccc23)CC1. The molecular weight excluding hydrogens is 324 g/mol. The van der Waals surface area contributed by atoms with Gasteiger partial charge in [0.15, 0.2) is 6.61 Å². The quantitative estimate of drug-likeness (QED) is 0.854. The normalized spacial score (nSPS) is 15.2. The van der Waals surface area contributed by atoms with Crippen LogP contribution >= 0.6 is 0 Å². The van der Waals surface area contributed by atoms with E-state index < -0.39 is 5.97 Å². The van der Waals surface area contributed by atoms with Gasteiger partial charge in [0, 0.05) is 30.2 Å². The Hall–Kier alpha value is -2.83. The maximum absolute atomic E-state index is 12.2. The van der Waals surface area contributed by atoms with Crippen LogP contribution in [0.5, 0.6) is 0 Å². The maximum atomic E-state index is 12.2. The average Bonchev–Trinajstić information content (AvgIpc) is 3.09. The number of nitrogens with zero attached hydrogens (tertiary/aromatic N) is 1. The van der Waals surface area contributed by atoms with Crippen LogP contribution in [-0.2, 0) is 19.1 Å². The molecule has 2 aromatic rings. The van der Waals surface area contributed by atoms with E-state index in [1.807, 2.05) is 24.3 Å². The van der Waals surface area contributed by atoms with E-state index in [9.17, 15) is 14.4 Å². The Morgan fingerprint density at radius 3 is 2.64 bits per heavy atom. The van der Waals surface area contributed by atoms with Crippen LogP contribution in [0.3, 0.4) is 0 Å². The molecule has 1 saturated heterocycles. The van der Waals surface area contributed by atoms with E-state index in [-0.39, 0.29) is 24.4 Å². The fraction of sp³-hybridized carbons (Fsp3) is 0.389. The number of likely N-dealkylation sites (tertiary alicyclic amines) is 1. The second kappa shape index (κ2) is 7.38. The summed E-state index contributed by atoms with van der Waals surface area (Å²) < 4.78 is 9.89. The third-order valence-corrected chi connectivity index (χ3v) is 4.52. The molecular formula is C18H20N2O5. The van der Waals surface area contributed by atoms with Crippen LogP contribution < -0.4 is 0 Å². The van der Waals surface area contributed by atoms with E-state index in [0.29, 0.717) is 31.5 Å². The van der Waals surface area contributed by atoms with Gasteiger partial charge < -0.3 is 19.4 Å². The summed E-state index contributed by atoms with van der Waals surface area (Å²) in [6.45, 7) is 0.619. The van der Waals surface area contributed by atoms with E-state index in [1.165, 1.54) is 7.11 Å². The summed E-state index contributed by atoms with van der Waals surface area (Å²) in [5.41, 5.74) is 1.25. The molecule has 1 fully saturated rings. The average molecular weight is 344 g/mol. The maximum Gasteiger partial charge on any atom is 0.340 e. The number of aromatic nitrogens is 1. The number of piperidine rings is 1. The van der Waals surface area contributed by atoms with Gasteiger partial charge >= 0.3 is 11.9 Å². The molecule has 7 nitrogen and oxygen atoms in total. The molecule has 25 heavy (non-hydrogen) atoms. The summed E-state index contributed by atoms with van der Waals surface area (Å²) in [5.74, 6) is -1.19. The minimum Gasteiger partial charge on any atom is -0.469 e. The third kappa shape index (κ3) is 3.65. The number of hydrogen-bond acceptors (Lipinski definition) is 5. The Kier molecular flexibility index (Phi) is 5.02. The first-order chi connectivity index (χ1) is 12.1. The van der Waals surface area contributed by atoms with Crippen molar-refractivity contribution in [3.63, 3.8) is 0 Å². The van der Waals surface area contributed by atoms with Crippen molar-refractivity contribution in [3.8, 4) is 0 Å². The van der Waals surface area contributed by atoms with Gasteiger partial charge in [-0.1, -0.05) is 18.2 Å². The van der Waals surface area contributed by atoms with E-state index >= 15 is 0 Å². The molecule has 1 amide bonds. The number of aromatic amines is 1. The van der Waals surface area contributed by atoms with Crippen molar-refractivity contribution in [2.24, 2.45) is 5.92 Å². The molecule has 1 aliphatic heterocycles. The number of ether oxygens (including phenoxy) is 2. The van der Waals surface area contributed by atoms with Gasteiger partial charge in [0.05, 0.1) is 18.6 Å². The third-order valence-electron chi connectivity index (χ3n) is 4.52. The number of carbonyl (C=O) groups is 3. The van der Waals surface area contributed by atoms with Crippen LogP contribution in [0.1, 0.15) is 23.2 Å². The van der Waals surface area contributed by atoms with Crippen molar-refractivity contribution >= 4 is 28.7 Å². The Morgan fingerprint density at radius 1 is 1.20 bits per heavy atom. The second-order valence-corrected chi connectivity index (χ2v) is 6.00. The van der Waals surface area contributed by atoms with Crippen molar-refractivity contribution in [2.45, 2.75) is 12.8 Å². The number of hydrogen-bond donors (Lipinski definition) is 1. The number of benzene rings is 1. The van der Waals surface area contributed by atoms with Crippen molar-refractivity contribution in [1.82, 2.24) is 9.88 Å². The Balaban J connectivity index is 1.53. The molecule has 3 rings (SSSR count). The minimum absolute atomic E-state index is 0.164. The smallest absolute Gasteiger partial charge is 0.340 e. The largest absolute Gasteiger partial charge is 0.469 e. The fourth-order valence-electron chi connectivity index (χ4n) is 3.07. The van der Waals surface area contributed by atoms with Crippen LogP contribution in [0.4, 0.5) is 0 Å². The highest BCUT2D eigenvalue weighted by Gasteiger charge is 2.28. The lowest BCUT2D eigenvalue weighted by atomic mass is 9.97. The molecule has 1 N–H and O–H groups in total. The number of fused-ring (bicyclic) bond motifs is 1. The zero-order valence-corrected chi connectivity index (χ0v) is 14.0. The molecule has 1 aromatic carbocycles. The lowest BCUT2D eigenvalue weighted by Crippen LogP contribution is -2.42. The minimum atomic E-state index is -0.532. The van der Waals surface area contributed by atoms with E-state index in [4.69, 9.17) is 9.47 Å². The zero-order chi connectivity index (χ0) is 17.8. The highest BCUT2D eigenvalue weighted by molar-refractivity contribution is 6.04. The molecule has 0 saturated carbocycles. The fourth-order valence-corrected chi connectivity index (χ4v) is 3.07. The van der Waals surface area contributed by atoms with Gasteiger partial charge in [-0.05, 0) is 18.9 Å². The second-order valence-electron chi connectivity index (χ2n) is 6.00. The number of esters is 2. The van der Waals surface area contributed by atoms with Crippen LogP contribution in [0.25, 0.3) is 10.9 Å².